The van der Waals surface area contributed by atoms with Crippen LogP contribution in [0.1, 0.15) is 87.0 Å². The summed E-state index contributed by atoms with van der Waals surface area (Å²) in [5.41, 5.74) is 5.73. The molecule has 0 spiro atoms. The molecule has 0 radical (unpaired) electrons. The quantitative estimate of drug-likeness (QED) is 0.155. The molecule has 4 rings (SSSR count). The zero-order chi connectivity index (χ0) is 28.3. The molecular weight excluding hydrogens is 462 g/mol. The van der Waals surface area contributed by atoms with Crippen LogP contribution >= 0.6 is 0 Å². The van der Waals surface area contributed by atoms with E-state index in [1.54, 1.807) is 0 Å². The molecule has 0 saturated heterocycles. The van der Waals surface area contributed by atoms with E-state index in [0.29, 0.717) is 0 Å². The molecule has 0 saturated carbocycles. The molecule has 1 heterocycles. The van der Waals surface area contributed by atoms with Crippen molar-refractivity contribution >= 4 is 38.9 Å². The van der Waals surface area contributed by atoms with Crippen molar-refractivity contribution in [3.63, 3.8) is 0 Å². The van der Waals surface area contributed by atoms with Gasteiger partial charge in [-0.15, -0.1) is 0 Å². The lowest BCUT2D eigenvalue weighted by molar-refractivity contribution is 0.606. The fourth-order valence-corrected chi connectivity index (χ4v) is 4.50. The van der Waals surface area contributed by atoms with Crippen LogP contribution in [0.4, 0.5) is 17.1 Å². The van der Waals surface area contributed by atoms with E-state index in [1.165, 1.54) is 66.4 Å². The molecule has 0 atom stereocenters. The standard InChI is InChI=1S/C29H35N3.3C2H6/c1-4-5-6-7-8-13-22-31(2)23-18-20-24(21-19-23)32(3)29-25-14-9-11-16-27(25)30-28-17-12-10-15-26(28)29;3*1-2/h9-12,14-21H,4-8,13,22H2,1-3H3;3*1-2H3. The van der Waals surface area contributed by atoms with Gasteiger partial charge in [-0.05, 0) is 42.8 Å². The zero-order valence-electron chi connectivity index (χ0n) is 25.7. The van der Waals surface area contributed by atoms with E-state index < -0.39 is 0 Å². The third-order valence-electron chi connectivity index (χ3n) is 6.42. The van der Waals surface area contributed by atoms with Crippen molar-refractivity contribution in [2.24, 2.45) is 0 Å². The number of pyridine rings is 1. The van der Waals surface area contributed by atoms with Crippen LogP contribution in [-0.2, 0) is 0 Å². The van der Waals surface area contributed by atoms with Crippen molar-refractivity contribution in [2.45, 2.75) is 87.0 Å². The number of hydrogen-bond donors (Lipinski definition) is 0. The first-order chi connectivity index (χ1) is 18.7. The molecule has 0 aliphatic carbocycles. The van der Waals surface area contributed by atoms with Gasteiger partial charge in [0, 0.05) is 42.8 Å². The minimum Gasteiger partial charge on any atom is -0.375 e. The first-order valence-electron chi connectivity index (χ1n) is 15.0. The van der Waals surface area contributed by atoms with Gasteiger partial charge in [-0.1, -0.05) is 117 Å². The van der Waals surface area contributed by atoms with Gasteiger partial charge < -0.3 is 9.80 Å². The van der Waals surface area contributed by atoms with Gasteiger partial charge in [-0.25, -0.2) is 4.98 Å². The second-order valence-corrected chi connectivity index (χ2v) is 8.76. The predicted molar refractivity (Wildman–Crippen MR) is 174 cm³/mol. The maximum atomic E-state index is 4.87. The highest BCUT2D eigenvalue weighted by molar-refractivity contribution is 6.09. The van der Waals surface area contributed by atoms with E-state index in [1.807, 2.05) is 41.5 Å². The van der Waals surface area contributed by atoms with Crippen LogP contribution in [0.3, 0.4) is 0 Å². The lowest BCUT2D eigenvalue weighted by atomic mass is 10.1. The molecule has 38 heavy (non-hydrogen) atoms. The van der Waals surface area contributed by atoms with Crippen LogP contribution in [0.25, 0.3) is 21.8 Å². The summed E-state index contributed by atoms with van der Waals surface area (Å²) < 4.78 is 0. The predicted octanol–water partition coefficient (Wildman–Crippen LogP) is 11.0. The Bertz CT molecular complexity index is 1100. The number of hydrogen-bond acceptors (Lipinski definition) is 3. The fourth-order valence-electron chi connectivity index (χ4n) is 4.50. The Morgan fingerprint density at radius 2 is 1.00 bits per heavy atom. The minimum atomic E-state index is 1.03. The van der Waals surface area contributed by atoms with Crippen LogP contribution in [0, 0.1) is 0 Å². The molecule has 208 valence electrons. The highest BCUT2D eigenvalue weighted by Crippen LogP contribution is 2.37. The first-order valence-corrected chi connectivity index (χ1v) is 15.0. The minimum absolute atomic E-state index is 1.03. The Hall–Kier alpha value is -3.07. The molecule has 0 N–H and O–H groups in total. The third kappa shape index (κ3) is 9.04. The number of unbranched alkanes of at least 4 members (excludes halogenated alkanes) is 5. The third-order valence-corrected chi connectivity index (χ3v) is 6.42. The van der Waals surface area contributed by atoms with E-state index in [-0.39, 0.29) is 0 Å². The summed E-state index contributed by atoms with van der Waals surface area (Å²) in [6.07, 6.45) is 8.00. The van der Waals surface area contributed by atoms with Gasteiger partial charge in [0.1, 0.15) is 0 Å². The summed E-state index contributed by atoms with van der Waals surface area (Å²) in [6, 6.07) is 25.8. The number of benzene rings is 3. The summed E-state index contributed by atoms with van der Waals surface area (Å²) in [7, 11) is 4.36. The van der Waals surface area contributed by atoms with Crippen molar-refractivity contribution in [1.29, 1.82) is 0 Å². The van der Waals surface area contributed by atoms with Crippen molar-refractivity contribution in [2.75, 3.05) is 30.4 Å². The molecule has 0 fully saturated rings. The number of nitrogens with zero attached hydrogens (tertiary/aromatic N) is 3. The Morgan fingerprint density at radius 1 is 0.553 bits per heavy atom. The Labute approximate surface area is 233 Å². The Kier molecular flexibility index (Phi) is 16.5. The van der Waals surface area contributed by atoms with Gasteiger partial charge in [-0.2, -0.15) is 0 Å². The van der Waals surface area contributed by atoms with Crippen LogP contribution in [0.15, 0.2) is 72.8 Å². The van der Waals surface area contributed by atoms with Crippen LogP contribution in [0.5, 0.6) is 0 Å². The Balaban J connectivity index is 0.00000112. The van der Waals surface area contributed by atoms with E-state index >= 15 is 0 Å². The second-order valence-electron chi connectivity index (χ2n) is 8.76. The number of rotatable bonds is 10. The van der Waals surface area contributed by atoms with Crippen molar-refractivity contribution in [3.8, 4) is 0 Å². The Morgan fingerprint density at radius 3 is 1.53 bits per heavy atom. The lowest BCUT2D eigenvalue weighted by Gasteiger charge is -2.25. The highest BCUT2D eigenvalue weighted by atomic mass is 15.1. The average molecular weight is 516 g/mol. The summed E-state index contributed by atoms with van der Waals surface area (Å²) in [4.78, 5) is 9.54. The van der Waals surface area contributed by atoms with E-state index in [0.717, 1.165) is 17.6 Å². The van der Waals surface area contributed by atoms with Crippen LogP contribution in [-0.4, -0.2) is 25.6 Å². The van der Waals surface area contributed by atoms with Crippen molar-refractivity contribution in [3.05, 3.63) is 72.8 Å². The maximum Gasteiger partial charge on any atom is 0.0730 e. The molecule has 0 unspecified atom stereocenters. The second kappa shape index (κ2) is 19.1. The molecule has 4 aromatic rings. The summed E-state index contributed by atoms with van der Waals surface area (Å²) in [6.45, 7) is 15.4. The average Bonchev–Trinajstić information content (AvgIpc) is 3.00. The summed E-state index contributed by atoms with van der Waals surface area (Å²) >= 11 is 0. The molecular formula is C35H53N3. The molecule has 0 aliphatic rings. The van der Waals surface area contributed by atoms with Gasteiger partial charge in [0.15, 0.2) is 0 Å². The van der Waals surface area contributed by atoms with Gasteiger partial charge in [0.2, 0.25) is 0 Å². The van der Waals surface area contributed by atoms with E-state index in [4.69, 9.17) is 4.98 Å². The van der Waals surface area contributed by atoms with E-state index in [9.17, 15) is 0 Å². The summed E-state index contributed by atoms with van der Waals surface area (Å²) in [5.74, 6) is 0. The van der Waals surface area contributed by atoms with Crippen molar-refractivity contribution < 1.29 is 0 Å². The highest BCUT2D eigenvalue weighted by Gasteiger charge is 2.14. The monoisotopic (exact) mass is 515 g/mol. The molecule has 0 aliphatic heterocycles. The molecule has 0 amide bonds. The molecule has 1 aromatic heterocycles. The number of para-hydroxylation sites is 2. The topological polar surface area (TPSA) is 19.4 Å². The largest absolute Gasteiger partial charge is 0.375 e. The number of fused-ring (bicyclic) bond motifs is 2. The zero-order valence-corrected chi connectivity index (χ0v) is 25.7. The SMILES string of the molecule is CC.CC.CC.CCCCCCCCN(C)c1ccc(N(C)c2c3ccccc3nc3ccccc23)cc1. The van der Waals surface area contributed by atoms with Gasteiger partial charge in [0.05, 0.1) is 16.7 Å². The fraction of sp³-hybridized carbons (Fsp3) is 0.457. The maximum absolute atomic E-state index is 4.87. The van der Waals surface area contributed by atoms with Crippen molar-refractivity contribution in [1.82, 2.24) is 4.98 Å². The first kappa shape index (κ1) is 33.0. The number of anilines is 3. The van der Waals surface area contributed by atoms with Gasteiger partial charge >= 0.3 is 0 Å². The van der Waals surface area contributed by atoms with Crippen LogP contribution in [0.2, 0.25) is 0 Å². The smallest absolute Gasteiger partial charge is 0.0730 e. The molecule has 0 bridgehead atoms. The lowest BCUT2D eigenvalue weighted by Crippen LogP contribution is -2.18. The number of aromatic nitrogens is 1. The molecule has 3 nitrogen and oxygen atoms in total. The van der Waals surface area contributed by atoms with Crippen LogP contribution < -0.4 is 9.80 Å². The molecule has 3 aromatic carbocycles. The molecule has 3 heteroatoms. The van der Waals surface area contributed by atoms with E-state index in [2.05, 4.69) is 104 Å². The van der Waals surface area contributed by atoms with Gasteiger partial charge in [0.25, 0.3) is 0 Å². The van der Waals surface area contributed by atoms with Gasteiger partial charge in [-0.3, -0.25) is 0 Å². The summed E-state index contributed by atoms with van der Waals surface area (Å²) in [5, 5.41) is 2.36. The normalized spacial score (nSPS) is 9.92.